The maximum absolute atomic E-state index is 5.26. The van der Waals surface area contributed by atoms with E-state index in [0.29, 0.717) is 18.3 Å². The van der Waals surface area contributed by atoms with Crippen LogP contribution >= 0.6 is 0 Å². The Morgan fingerprint density at radius 2 is 1.05 bits per heavy atom. The van der Waals surface area contributed by atoms with Crippen molar-refractivity contribution in [1.29, 1.82) is 0 Å². The van der Waals surface area contributed by atoms with Crippen molar-refractivity contribution in [1.82, 2.24) is 0 Å². The first kappa shape index (κ1) is 41.9. The standard InChI is InChI=1S/2C8H16O.C7H14O.2C6H14O/c1-7-3-5-8(9-2)6-4-7;1-7-4-3-5-8(6-7)9-2;1-6-3-4-7(5-6)8-2;1-6(2)4-5-7-3;1-4-6(2)5-7-3/h2*7-8H,3-6H2,1-2H3;6-7H,3-5H2,1-2H3;2*6H,4-5H2,1-3H3. The van der Waals surface area contributed by atoms with E-state index in [1.807, 2.05) is 21.3 Å². The van der Waals surface area contributed by atoms with E-state index in [-0.39, 0.29) is 0 Å². The minimum absolute atomic E-state index is 0.564. The van der Waals surface area contributed by atoms with Crippen molar-refractivity contribution in [2.24, 2.45) is 29.6 Å². The van der Waals surface area contributed by atoms with E-state index in [2.05, 4.69) is 48.5 Å². The van der Waals surface area contributed by atoms with E-state index in [4.69, 9.17) is 23.7 Å². The van der Waals surface area contributed by atoms with Gasteiger partial charge in [-0.05, 0) is 93.8 Å². The van der Waals surface area contributed by atoms with Gasteiger partial charge in [-0.3, -0.25) is 0 Å². The quantitative estimate of drug-likeness (QED) is 0.274. The number of hydrogen-bond donors (Lipinski definition) is 0. The van der Waals surface area contributed by atoms with Crippen molar-refractivity contribution in [2.45, 2.75) is 150 Å². The molecule has 0 aromatic carbocycles. The summed E-state index contributed by atoms with van der Waals surface area (Å²) in [5, 5.41) is 0. The first-order valence-corrected chi connectivity index (χ1v) is 16.6. The topological polar surface area (TPSA) is 46.2 Å². The van der Waals surface area contributed by atoms with E-state index in [0.717, 1.165) is 42.8 Å². The summed E-state index contributed by atoms with van der Waals surface area (Å²) in [6.07, 6.45) is 18.6. The normalized spacial score (nSPS) is 28.4. The zero-order valence-electron chi connectivity index (χ0n) is 29.3. The molecular weight excluding hydrogens is 500 g/mol. The Balaban J connectivity index is 0. The smallest absolute Gasteiger partial charge is 0.0574 e. The highest BCUT2D eigenvalue weighted by Gasteiger charge is 2.20. The molecule has 0 heterocycles. The van der Waals surface area contributed by atoms with Crippen LogP contribution in [-0.2, 0) is 23.7 Å². The third-order valence-corrected chi connectivity index (χ3v) is 8.55. The van der Waals surface area contributed by atoms with Gasteiger partial charge in [0.05, 0.1) is 18.3 Å². The van der Waals surface area contributed by atoms with E-state index in [1.165, 1.54) is 83.5 Å². The summed E-state index contributed by atoms with van der Waals surface area (Å²) in [6, 6.07) is 0. The van der Waals surface area contributed by atoms with E-state index >= 15 is 0 Å². The molecule has 5 atom stereocenters. The molecule has 244 valence electrons. The van der Waals surface area contributed by atoms with Crippen LogP contribution in [0.3, 0.4) is 0 Å². The Morgan fingerprint density at radius 3 is 1.35 bits per heavy atom. The predicted molar refractivity (Wildman–Crippen MR) is 173 cm³/mol. The number of hydrogen-bond acceptors (Lipinski definition) is 5. The second kappa shape index (κ2) is 28.9. The SMILES string of the molecule is CCC(C)COC.COC1CCC(C)C1.COC1CCC(C)CC1.COC1CCCC(C)C1.COCCC(C)C. The summed E-state index contributed by atoms with van der Waals surface area (Å²) in [7, 11) is 8.93. The molecule has 0 aliphatic heterocycles. The van der Waals surface area contributed by atoms with Crippen LogP contribution in [-0.4, -0.2) is 67.1 Å². The zero-order chi connectivity index (χ0) is 30.8. The molecule has 0 aromatic rings. The Morgan fingerprint density at radius 1 is 0.575 bits per heavy atom. The lowest BCUT2D eigenvalue weighted by Crippen LogP contribution is -2.19. The van der Waals surface area contributed by atoms with E-state index < -0.39 is 0 Å². The van der Waals surface area contributed by atoms with Gasteiger partial charge in [-0.25, -0.2) is 0 Å². The van der Waals surface area contributed by atoms with Gasteiger partial charge in [0, 0.05) is 48.8 Å². The number of ether oxygens (including phenoxy) is 5. The minimum Gasteiger partial charge on any atom is -0.385 e. The maximum Gasteiger partial charge on any atom is 0.0574 e. The summed E-state index contributed by atoms with van der Waals surface area (Å²) >= 11 is 0. The van der Waals surface area contributed by atoms with Crippen molar-refractivity contribution < 1.29 is 23.7 Å². The fourth-order valence-electron chi connectivity index (χ4n) is 5.18. The highest BCUT2D eigenvalue weighted by atomic mass is 16.5. The molecule has 3 aliphatic rings. The third-order valence-electron chi connectivity index (χ3n) is 8.55. The molecule has 0 spiro atoms. The van der Waals surface area contributed by atoms with Crippen molar-refractivity contribution in [2.75, 3.05) is 48.8 Å². The first-order valence-electron chi connectivity index (χ1n) is 16.6. The average Bonchev–Trinajstić information content (AvgIpc) is 3.39. The van der Waals surface area contributed by atoms with Crippen molar-refractivity contribution >= 4 is 0 Å². The molecule has 3 rings (SSSR count). The molecule has 5 nitrogen and oxygen atoms in total. The molecule has 0 radical (unpaired) electrons. The van der Waals surface area contributed by atoms with Gasteiger partial charge in [-0.15, -0.1) is 0 Å². The largest absolute Gasteiger partial charge is 0.385 e. The molecule has 5 heteroatoms. The van der Waals surface area contributed by atoms with E-state index in [9.17, 15) is 0 Å². The lowest BCUT2D eigenvalue weighted by molar-refractivity contribution is 0.0542. The summed E-state index contributed by atoms with van der Waals surface area (Å²) in [5.74, 6) is 4.24. The number of rotatable bonds is 9. The lowest BCUT2D eigenvalue weighted by atomic mass is 9.89. The molecule has 3 saturated carbocycles. The molecule has 5 unspecified atom stereocenters. The summed E-state index contributed by atoms with van der Waals surface area (Å²) in [4.78, 5) is 0. The molecule has 3 aliphatic carbocycles. The van der Waals surface area contributed by atoms with Gasteiger partial charge in [0.1, 0.15) is 0 Å². The molecule has 0 amide bonds. The molecule has 40 heavy (non-hydrogen) atoms. The zero-order valence-corrected chi connectivity index (χ0v) is 29.3. The van der Waals surface area contributed by atoms with Crippen molar-refractivity contribution in [3.05, 3.63) is 0 Å². The van der Waals surface area contributed by atoms with Gasteiger partial charge >= 0.3 is 0 Å². The summed E-state index contributed by atoms with van der Waals surface area (Å²) in [6.45, 7) is 17.5. The van der Waals surface area contributed by atoms with Crippen LogP contribution < -0.4 is 0 Å². The van der Waals surface area contributed by atoms with Crippen LogP contribution in [0.25, 0.3) is 0 Å². The minimum atomic E-state index is 0.564. The van der Waals surface area contributed by atoms with Crippen LogP contribution in [0.1, 0.15) is 132 Å². The Bertz CT molecular complexity index is 492. The highest BCUT2D eigenvalue weighted by molar-refractivity contribution is 4.72. The molecule has 3 fully saturated rings. The second-order valence-corrected chi connectivity index (χ2v) is 13.2. The van der Waals surface area contributed by atoms with Gasteiger partial charge in [-0.2, -0.15) is 0 Å². The van der Waals surface area contributed by atoms with Crippen LogP contribution in [0.2, 0.25) is 0 Å². The maximum atomic E-state index is 5.26. The number of methoxy groups -OCH3 is 5. The van der Waals surface area contributed by atoms with Crippen LogP contribution in [0.15, 0.2) is 0 Å². The fourth-order valence-corrected chi connectivity index (χ4v) is 5.18. The summed E-state index contributed by atoms with van der Waals surface area (Å²) < 4.78 is 25.4. The monoisotopic (exact) mass is 575 g/mol. The van der Waals surface area contributed by atoms with Crippen LogP contribution in [0.5, 0.6) is 0 Å². The molecule has 0 aromatic heterocycles. The van der Waals surface area contributed by atoms with Crippen molar-refractivity contribution in [3.63, 3.8) is 0 Å². The molecule has 0 bridgehead atoms. The van der Waals surface area contributed by atoms with Gasteiger partial charge in [0.15, 0.2) is 0 Å². The van der Waals surface area contributed by atoms with E-state index in [1.54, 1.807) is 14.2 Å². The van der Waals surface area contributed by atoms with Gasteiger partial charge in [-0.1, -0.05) is 67.7 Å². The first-order chi connectivity index (χ1) is 19.1. The third kappa shape index (κ3) is 26.7. The predicted octanol–water partition coefficient (Wildman–Crippen LogP) is 9.60. The Labute approximate surface area is 252 Å². The average molecular weight is 575 g/mol. The van der Waals surface area contributed by atoms with Crippen molar-refractivity contribution in [3.8, 4) is 0 Å². The van der Waals surface area contributed by atoms with Crippen LogP contribution in [0.4, 0.5) is 0 Å². The Hall–Kier alpha value is -0.200. The molecular formula is C35H74O5. The molecule has 0 saturated heterocycles. The lowest BCUT2D eigenvalue weighted by Gasteiger charge is -2.25. The molecule has 0 N–H and O–H groups in total. The fraction of sp³-hybridized carbons (Fsp3) is 1.00. The van der Waals surface area contributed by atoms with Gasteiger partial charge in [0.2, 0.25) is 0 Å². The van der Waals surface area contributed by atoms with Gasteiger partial charge in [0.25, 0.3) is 0 Å². The highest BCUT2D eigenvalue weighted by Crippen LogP contribution is 2.26. The van der Waals surface area contributed by atoms with Crippen LogP contribution in [0, 0.1) is 29.6 Å². The second-order valence-electron chi connectivity index (χ2n) is 13.2. The Kier molecular flexibility index (Phi) is 30.3. The van der Waals surface area contributed by atoms with Gasteiger partial charge < -0.3 is 23.7 Å². The summed E-state index contributed by atoms with van der Waals surface area (Å²) in [5.41, 5.74) is 0.